The van der Waals surface area contributed by atoms with Crippen LogP contribution in [0.3, 0.4) is 0 Å². The Kier molecular flexibility index (Phi) is 14.6. The van der Waals surface area contributed by atoms with Crippen molar-refractivity contribution >= 4 is 41.0 Å². The van der Waals surface area contributed by atoms with Gasteiger partial charge in [0.05, 0.1) is 18.4 Å². The summed E-state index contributed by atoms with van der Waals surface area (Å²) in [6.07, 6.45) is -2.72. The molecule has 0 radical (unpaired) electrons. The minimum Gasteiger partial charge on any atom is -0.549 e. The molecule has 1 atom stereocenters. The van der Waals surface area contributed by atoms with E-state index in [2.05, 4.69) is 5.73 Å². The van der Waals surface area contributed by atoms with Gasteiger partial charge in [-0.3, -0.25) is 4.79 Å². The topological polar surface area (TPSA) is 164 Å². The van der Waals surface area contributed by atoms with Crippen molar-refractivity contribution in [3.63, 3.8) is 0 Å². The summed E-state index contributed by atoms with van der Waals surface area (Å²) < 4.78 is 0. The molecule has 82 valence electrons. The maximum Gasteiger partial charge on any atom is 2.00 e. The van der Waals surface area contributed by atoms with Gasteiger partial charge in [-0.1, -0.05) is 0 Å². The molecule has 0 saturated carbocycles. The summed E-state index contributed by atoms with van der Waals surface area (Å²) in [4.78, 5) is 28.4. The van der Waals surface area contributed by atoms with E-state index in [1.54, 1.807) is 0 Å². The zero-order chi connectivity index (χ0) is 11.7. The van der Waals surface area contributed by atoms with Gasteiger partial charge in [0.1, 0.15) is 6.10 Å². The fourth-order valence-corrected chi connectivity index (χ4v) is 0.249. The van der Waals surface area contributed by atoms with Crippen molar-refractivity contribution in [2.24, 2.45) is 5.73 Å². The van der Waals surface area contributed by atoms with E-state index in [0.29, 0.717) is 0 Å². The number of aliphatic hydroxyl groups is 1. The van der Waals surface area contributed by atoms with E-state index in [-0.39, 0.29) is 29.6 Å². The van der Waals surface area contributed by atoms with Crippen LogP contribution in [0.15, 0.2) is 0 Å². The van der Waals surface area contributed by atoms with E-state index in [0.717, 1.165) is 0 Å². The Morgan fingerprint density at radius 1 is 1.27 bits per heavy atom. The predicted octanol–water partition coefficient (Wildman–Crippen LogP) is -5.11. The van der Waals surface area contributed by atoms with E-state index >= 15 is 0 Å². The normalized spacial score (nSPS) is 10.0. The molecule has 0 aliphatic heterocycles. The van der Waals surface area contributed by atoms with E-state index in [1.165, 1.54) is 0 Å². The maximum atomic E-state index is 9.66. The van der Waals surface area contributed by atoms with Gasteiger partial charge in [0, 0.05) is 6.54 Å². The number of hydrogen-bond donors (Lipinski definition) is 3. The number of aliphatic carboxylic acids is 3. The van der Waals surface area contributed by atoms with Gasteiger partial charge >= 0.3 is 29.0 Å². The minimum absolute atomic E-state index is 0. The van der Waals surface area contributed by atoms with E-state index < -0.39 is 30.4 Å². The third-order valence-electron chi connectivity index (χ3n) is 0.807. The Morgan fingerprint density at radius 3 is 1.67 bits per heavy atom. The molecule has 0 aromatic heterocycles. The molecule has 1 unspecified atom stereocenters. The van der Waals surface area contributed by atoms with Crippen molar-refractivity contribution in [2.45, 2.75) is 12.5 Å². The third-order valence-corrected chi connectivity index (χ3v) is 0.807. The first-order valence-corrected chi connectivity index (χ1v) is 3.31. The molecule has 4 N–H and O–H groups in total. The zero-order valence-electron chi connectivity index (χ0n) is 7.71. The monoisotopic (exact) mass is 231 g/mol. The van der Waals surface area contributed by atoms with Crippen LogP contribution in [0.4, 0.5) is 0 Å². The van der Waals surface area contributed by atoms with Crippen molar-refractivity contribution < 1.29 is 34.8 Å². The van der Waals surface area contributed by atoms with Gasteiger partial charge in [0.15, 0.2) is 0 Å². The maximum absolute atomic E-state index is 9.66. The quantitative estimate of drug-likeness (QED) is 0.404. The number of hydrogen-bond acceptors (Lipinski definition) is 7. The molecule has 0 bridgehead atoms. The minimum atomic E-state index is -1.90. The molecule has 0 aliphatic rings. The summed E-state index contributed by atoms with van der Waals surface area (Å²) in [5.74, 6) is -4.35. The predicted molar refractivity (Wildman–Crippen MR) is 43.1 cm³/mol. The van der Waals surface area contributed by atoms with Gasteiger partial charge in [-0.05, 0) is 0 Å². The van der Waals surface area contributed by atoms with Crippen LogP contribution in [0.2, 0.25) is 0 Å². The average Bonchev–Trinajstić information content (AvgIpc) is 2.04. The van der Waals surface area contributed by atoms with Gasteiger partial charge in [0.2, 0.25) is 0 Å². The molecule has 0 aliphatic carbocycles. The Hall–Kier alpha value is -0.904. The van der Waals surface area contributed by atoms with Gasteiger partial charge in [-0.15, -0.1) is 0 Å². The molecule has 8 nitrogen and oxygen atoms in total. The number of nitrogens with two attached hydrogens (primary N) is 1. The molecule has 0 rings (SSSR count). The molecule has 0 amide bonds. The first kappa shape index (κ1) is 19.6. The number of carbonyl (C=O) groups excluding carboxylic acids is 2. The standard InChI is InChI=1S/C4H6O5.C2H5NO2.Mg/c5-2(4(8)9)1-3(6)7;3-1-2(4)5;/h2,5H,1H2,(H,6,7)(H,8,9);1,3H2,(H,4,5);/q;;+2/p-2. The van der Waals surface area contributed by atoms with E-state index in [4.69, 9.17) is 20.1 Å². The number of carboxylic acids is 3. The molecule has 0 saturated heterocycles. The smallest absolute Gasteiger partial charge is 0.549 e. The van der Waals surface area contributed by atoms with Crippen LogP contribution in [0.25, 0.3) is 0 Å². The van der Waals surface area contributed by atoms with Gasteiger partial charge in [-0.2, -0.15) is 0 Å². The molecule has 0 spiro atoms. The molecule has 0 heterocycles. The van der Waals surface area contributed by atoms with Gasteiger partial charge in [0.25, 0.3) is 0 Å². The Bertz CT molecular complexity index is 220. The Balaban J connectivity index is -0.000000208. The zero-order valence-corrected chi connectivity index (χ0v) is 9.13. The largest absolute Gasteiger partial charge is 2.00 e. The third kappa shape index (κ3) is 19.5. The van der Waals surface area contributed by atoms with Crippen molar-refractivity contribution in [1.29, 1.82) is 0 Å². The van der Waals surface area contributed by atoms with Crippen LogP contribution >= 0.6 is 0 Å². The Morgan fingerprint density at radius 2 is 1.60 bits per heavy atom. The SMILES string of the molecule is NCC(=O)[O-].O=C(O)CC(O)C(=O)[O-].[Mg+2]. The van der Waals surface area contributed by atoms with Gasteiger partial charge in [-0.25, -0.2) is 0 Å². The van der Waals surface area contributed by atoms with Gasteiger partial charge < -0.3 is 35.7 Å². The summed E-state index contributed by atoms with van der Waals surface area (Å²) in [6.45, 7) is -0.389. The fourth-order valence-electron chi connectivity index (χ4n) is 0.249. The molecule has 9 heteroatoms. The van der Waals surface area contributed by atoms with Crippen molar-refractivity contribution in [3.8, 4) is 0 Å². The Labute approximate surface area is 101 Å². The van der Waals surface area contributed by atoms with Crippen LogP contribution < -0.4 is 15.9 Å². The summed E-state index contributed by atoms with van der Waals surface area (Å²) >= 11 is 0. The molecule has 0 fully saturated rings. The molecular weight excluding hydrogens is 222 g/mol. The van der Waals surface area contributed by atoms with Crippen LogP contribution in [0, 0.1) is 0 Å². The van der Waals surface area contributed by atoms with Crippen molar-refractivity contribution in [3.05, 3.63) is 0 Å². The average molecular weight is 231 g/mol. The van der Waals surface area contributed by atoms with Crippen LogP contribution in [-0.2, 0) is 14.4 Å². The van der Waals surface area contributed by atoms with E-state index in [9.17, 15) is 14.7 Å². The summed E-state index contributed by atoms with van der Waals surface area (Å²) in [7, 11) is 0. The molecule has 0 aromatic carbocycles. The second-order valence-electron chi connectivity index (χ2n) is 2.01. The first-order valence-electron chi connectivity index (χ1n) is 3.31. The van der Waals surface area contributed by atoms with Crippen molar-refractivity contribution in [1.82, 2.24) is 0 Å². The van der Waals surface area contributed by atoms with Crippen molar-refractivity contribution in [2.75, 3.05) is 6.54 Å². The second kappa shape index (κ2) is 11.2. The molecule has 15 heavy (non-hydrogen) atoms. The molecule has 0 aromatic rings. The van der Waals surface area contributed by atoms with E-state index in [1.807, 2.05) is 0 Å². The van der Waals surface area contributed by atoms with Crippen LogP contribution in [0.1, 0.15) is 6.42 Å². The number of rotatable bonds is 4. The summed E-state index contributed by atoms with van der Waals surface area (Å²) in [5, 5.41) is 34.9. The number of aliphatic hydroxyl groups excluding tert-OH is 1. The number of carbonyl (C=O) groups is 3. The first-order chi connectivity index (χ1) is 6.31. The second-order valence-corrected chi connectivity index (χ2v) is 2.01. The molecular formula is C6H9MgNO7. The van der Waals surface area contributed by atoms with Crippen LogP contribution in [0.5, 0.6) is 0 Å². The summed E-state index contributed by atoms with van der Waals surface area (Å²) in [6, 6.07) is 0. The van der Waals surface area contributed by atoms with Crippen LogP contribution in [-0.4, -0.2) is 63.8 Å². The summed E-state index contributed by atoms with van der Waals surface area (Å²) in [5.41, 5.74) is 4.51. The fraction of sp³-hybridized carbons (Fsp3) is 0.500. The number of carboxylic acid groups (broad SMARTS) is 3.